The number of halogens is 1. The van der Waals surface area contributed by atoms with Gasteiger partial charge in [0.1, 0.15) is 11.6 Å². The Morgan fingerprint density at radius 1 is 1.20 bits per heavy atom. The number of aliphatic hydroxyl groups excluding tert-OH is 1. The van der Waals surface area contributed by atoms with Crippen LogP contribution in [0, 0.1) is 11.2 Å². The summed E-state index contributed by atoms with van der Waals surface area (Å²) in [4.78, 5) is 0. The number of nitrogens with one attached hydrogen (secondary N) is 1. The minimum Gasteiger partial charge on any atom is -0.454 e. The number of rotatable bonds is 5. The number of ether oxygens (including phenoxy) is 1. The lowest BCUT2D eigenvalue weighted by Crippen LogP contribution is -2.11. The van der Waals surface area contributed by atoms with Gasteiger partial charge in [0.15, 0.2) is 11.6 Å². The normalized spacial score (nSPS) is 10.3. The van der Waals surface area contributed by atoms with Crippen LogP contribution in [0.15, 0.2) is 42.5 Å². The Morgan fingerprint density at radius 2 is 1.95 bits per heavy atom. The van der Waals surface area contributed by atoms with Crippen molar-refractivity contribution in [3.8, 4) is 11.5 Å². The third-order valence-corrected chi connectivity index (χ3v) is 2.82. The van der Waals surface area contributed by atoms with E-state index in [2.05, 4.69) is 0 Å². The second-order valence-electron chi connectivity index (χ2n) is 4.24. The van der Waals surface area contributed by atoms with Crippen LogP contribution in [0.3, 0.4) is 0 Å². The molecule has 4 N–H and O–H groups in total. The van der Waals surface area contributed by atoms with E-state index in [1.54, 1.807) is 12.1 Å². The highest BCUT2D eigenvalue weighted by Crippen LogP contribution is 2.28. The van der Waals surface area contributed by atoms with Gasteiger partial charge in [-0.15, -0.1) is 0 Å². The molecule has 0 radical (unpaired) electrons. The molecule has 0 saturated heterocycles. The van der Waals surface area contributed by atoms with Crippen LogP contribution in [0.4, 0.5) is 4.39 Å². The quantitative estimate of drug-likeness (QED) is 0.578. The van der Waals surface area contributed by atoms with E-state index < -0.39 is 5.82 Å². The Balaban J connectivity index is 2.28. The Morgan fingerprint density at radius 3 is 2.60 bits per heavy atom. The lowest BCUT2D eigenvalue weighted by Gasteiger charge is -2.11. The van der Waals surface area contributed by atoms with Crippen LogP contribution in [0.2, 0.25) is 0 Å². The zero-order chi connectivity index (χ0) is 14.5. The fraction of sp³-hybridized carbons (Fsp3) is 0.133. The van der Waals surface area contributed by atoms with Gasteiger partial charge in [0.25, 0.3) is 0 Å². The molecule has 2 aromatic carbocycles. The van der Waals surface area contributed by atoms with Crippen LogP contribution in [0.1, 0.15) is 11.1 Å². The summed E-state index contributed by atoms with van der Waals surface area (Å²) >= 11 is 0. The predicted molar refractivity (Wildman–Crippen MR) is 74.7 cm³/mol. The standard InChI is InChI=1S/C15H15FN2O2/c16-12-9-11(15(17)18)5-6-14(12)20-13-4-2-1-3-10(13)7-8-19/h1-6,9,19H,7-8H2,(H3,17,18). The van der Waals surface area contributed by atoms with Gasteiger partial charge >= 0.3 is 0 Å². The summed E-state index contributed by atoms with van der Waals surface area (Å²) in [7, 11) is 0. The molecule has 2 rings (SSSR count). The highest BCUT2D eigenvalue weighted by molar-refractivity contribution is 5.95. The monoisotopic (exact) mass is 274 g/mol. The Bertz CT molecular complexity index is 629. The molecule has 0 spiro atoms. The molecule has 2 aromatic rings. The van der Waals surface area contributed by atoms with Crippen molar-refractivity contribution in [3.63, 3.8) is 0 Å². The van der Waals surface area contributed by atoms with E-state index in [4.69, 9.17) is 21.0 Å². The smallest absolute Gasteiger partial charge is 0.166 e. The van der Waals surface area contributed by atoms with Gasteiger partial charge in [-0.1, -0.05) is 18.2 Å². The van der Waals surface area contributed by atoms with Crippen molar-refractivity contribution in [2.45, 2.75) is 6.42 Å². The fourth-order valence-electron chi connectivity index (χ4n) is 1.80. The molecular formula is C15H15FN2O2. The summed E-state index contributed by atoms with van der Waals surface area (Å²) < 4.78 is 19.4. The minimum atomic E-state index is -0.587. The van der Waals surface area contributed by atoms with Gasteiger partial charge in [-0.05, 0) is 36.2 Å². The van der Waals surface area contributed by atoms with Crippen molar-refractivity contribution in [3.05, 3.63) is 59.4 Å². The van der Waals surface area contributed by atoms with E-state index in [1.807, 2.05) is 12.1 Å². The molecule has 0 saturated carbocycles. The first-order chi connectivity index (χ1) is 9.61. The minimum absolute atomic E-state index is 0.00781. The Labute approximate surface area is 116 Å². The van der Waals surface area contributed by atoms with Gasteiger partial charge < -0.3 is 15.6 Å². The Hall–Kier alpha value is -2.40. The third-order valence-electron chi connectivity index (χ3n) is 2.82. The van der Waals surface area contributed by atoms with E-state index in [0.29, 0.717) is 17.7 Å². The number of hydrogen-bond donors (Lipinski definition) is 3. The zero-order valence-corrected chi connectivity index (χ0v) is 10.8. The topological polar surface area (TPSA) is 79.3 Å². The molecular weight excluding hydrogens is 259 g/mol. The van der Waals surface area contributed by atoms with Crippen LogP contribution < -0.4 is 10.5 Å². The predicted octanol–water partition coefficient (Wildman–Crippen LogP) is 2.44. The first-order valence-corrected chi connectivity index (χ1v) is 6.12. The first kappa shape index (κ1) is 14.0. The van der Waals surface area contributed by atoms with Gasteiger partial charge in [-0.25, -0.2) is 4.39 Å². The number of hydrogen-bond acceptors (Lipinski definition) is 3. The first-order valence-electron chi connectivity index (χ1n) is 6.12. The van der Waals surface area contributed by atoms with Gasteiger partial charge in [0.2, 0.25) is 0 Å². The molecule has 0 bridgehead atoms. The van der Waals surface area contributed by atoms with E-state index >= 15 is 0 Å². The molecule has 0 atom stereocenters. The highest BCUT2D eigenvalue weighted by Gasteiger charge is 2.09. The van der Waals surface area contributed by atoms with Crippen molar-refractivity contribution < 1.29 is 14.2 Å². The SMILES string of the molecule is N=C(N)c1ccc(Oc2ccccc2CCO)c(F)c1. The second kappa shape index (κ2) is 6.16. The molecule has 0 aliphatic rings. The fourth-order valence-corrected chi connectivity index (χ4v) is 1.80. The molecule has 0 aliphatic carbocycles. The lowest BCUT2D eigenvalue weighted by atomic mass is 10.1. The van der Waals surface area contributed by atoms with Crippen molar-refractivity contribution in [2.75, 3.05) is 6.61 Å². The van der Waals surface area contributed by atoms with E-state index in [9.17, 15) is 4.39 Å². The van der Waals surface area contributed by atoms with Crippen molar-refractivity contribution in [1.82, 2.24) is 0 Å². The number of para-hydroxylation sites is 1. The van der Waals surface area contributed by atoms with Crippen molar-refractivity contribution in [2.24, 2.45) is 5.73 Å². The van der Waals surface area contributed by atoms with E-state index in [0.717, 1.165) is 11.6 Å². The highest BCUT2D eigenvalue weighted by atomic mass is 19.1. The summed E-state index contributed by atoms with van der Waals surface area (Å²) in [6.45, 7) is -0.00781. The van der Waals surface area contributed by atoms with Gasteiger partial charge in [-0.2, -0.15) is 0 Å². The number of nitrogens with two attached hydrogens (primary N) is 1. The molecule has 20 heavy (non-hydrogen) atoms. The summed E-state index contributed by atoms with van der Waals surface area (Å²) in [6, 6.07) is 11.2. The maximum absolute atomic E-state index is 13.9. The molecule has 0 amide bonds. The Kier molecular flexibility index (Phi) is 4.32. The van der Waals surface area contributed by atoms with Crippen LogP contribution in [-0.2, 0) is 6.42 Å². The molecule has 5 heteroatoms. The van der Waals surface area contributed by atoms with Gasteiger partial charge in [0, 0.05) is 12.2 Å². The van der Waals surface area contributed by atoms with Crippen LogP contribution >= 0.6 is 0 Å². The van der Waals surface area contributed by atoms with Gasteiger partial charge in [0.05, 0.1) is 0 Å². The molecule has 0 fully saturated rings. The van der Waals surface area contributed by atoms with Gasteiger partial charge in [-0.3, -0.25) is 5.41 Å². The third kappa shape index (κ3) is 3.13. The summed E-state index contributed by atoms with van der Waals surface area (Å²) in [6.07, 6.45) is 0.434. The summed E-state index contributed by atoms with van der Waals surface area (Å²) in [5.41, 5.74) is 6.40. The summed E-state index contributed by atoms with van der Waals surface area (Å²) in [5, 5.41) is 16.3. The van der Waals surface area contributed by atoms with E-state index in [-0.39, 0.29) is 18.2 Å². The average Bonchev–Trinajstić information content (AvgIpc) is 2.43. The zero-order valence-electron chi connectivity index (χ0n) is 10.8. The number of amidine groups is 1. The van der Waals surface area contributed by atoms with Crippen molar-refractivity contribution >= 4 is 5.84 Å². The maximum Gasteiger partial charge on any atom is 0.166 e. The van der Waals surface area contributed by atoms with Crippen molar-refractivity contribution in [1.29, 1.82) is 5.41 Å². The molecule has 0 aromatic heterocycles. The van der Waals surface area contributed by atoms with Crippen LogP contribution in [0.25, 0.3) is 0 Å². The molecule has 0 heterocycles. The molecule has 0 unspecified atom stereocenters. The lowest BCUT2D eigenvalue weighted by molar-refractivity contribution is 0.297. The largest absolute Gasteiger partial charge is 0.454 e. The summed E-state index contributed by atoms with van der Waals surface area (Å²) in [5.74, 6) is -0.232. The number of benzene rings is 2. The maximum atomic E-state index is 13.9. The molecule has 104 valence electrons. The van der Waals surface area contributed by atoms with E-state index in [1.165, 1.54) is 12.1 Å². The van der Waals surface area contributed by atoms with Crippen LogP contribution in [0.5, 0.6) is 11.5 Å². The number of aliphatic hydroxyl groups is 1. The molecule has 0 aliphatic heterocycles. The number of nitrogen functional groups attached to an aromatic ring is 1. The van der Waals surface area contributed by atoms with Crippen LogP contribution in [-0.4, -0.2) is 17.5 Å². The second-order valence-corrected chi connectivity index (χ2v) is 4.24. The molecule has 4 nitrogen and oxygen atoms in total. The average molecular weight is 274 g/mol.